The molecule has 0 aliphatic carbocycles. The summed E-state index contributed by atoms with van der Waals surface area (Å²) in [6.07, 6.45) is 1.44. The van der Waals surface area contributed by atoms with Crippen LogP contribution in [0.2, 0.25) is 5.02 Å². The molecule has 10 heteroatoms. The number of carbonyl (C=O) groups excluding carboxylic acids is 3. The van der Waals surface area contributed by atoms with E-state index in [1.165, 1.54) is 12.1 Å². The predicted molar refractivity (Wildman–Crippen MR) is 138 cm³/mol. The van der Waals surface area contributed by atoms with E-state index in [9.17, 15) is 18.8 Å². The first-order chi connectivity index (χ1) is 17.2. The molecule has 0 spiro atoms. The third-order valence-corrected chi connectivity index (χ3v) is 6.13. The van der Waals surface area contributed by atoms with Crippen LogP contribution in [-0.4, -0.2) is 29.3 Å². The fourth-order valence-electron chi connectivity index (χ4n) is 3.43. The van der Waals surface area contributed by atoms with Crippen molar-refractivity contribution in [2.45, 2.75) is 13.5 Å². The van der Waals surface area contributed by atoms with E-state index in [1.807, 2.05) is 19.1 Å². The minimum atomic E-state index is -0.708. The van der Waals surface area contributed by atoms with Crippen LogP contribution in [0.1, 0.15) is 16.7 Å². The van der Waals surface area contributed by atoms with E-state index in [0.29, 0.717) is 27.0 Å². The molecule has 0 aromatic heterocycles. The van der Waals surface area contributed by atoms with Gasteiger partial charge in [0.25, 0.3) is 5.91 Å². The SMILES string of the molecule is Cc1ccc(NC(=O)CN2C(=O)N/C(=C\c3cc(Cl)c(OCc4ccccc4F)c(Br)c3)C2=O)cc1. The number of hydrogen-bond acceptors (Lipinski definition) is 4. The van der Waals surface area contributed by atoms with Crippen molar-refractivity contribution in [2.24, 2.45) is 0 Å². The van der Waals surface area contributed by atoms with Gasteiger partial charge in [-0.05, 0) is 64.8 Å². The van der Waals surface area contributed by atoms with E-state index in [0.717, 1.165) is 10.5 Å². The van der Waals surface area contributed by atoms with E-state index in [-0.39, 0.29) is 17.3 Å². The summed E-state index contributed by atoms with van der Waals surface area (Å²) in [4.78, 5) is 38.3. The number of rotatable bonds is 7. The number of ether oxygens (including phenoxy) is 1. The highest BCUT2D eigenvalue weighted by Crippen LogP contribution is 2.36. The average Bonchev–Trinajstić information content (AvgIpc) is 3.08. The molecule has 0 atom stereocenters. The second-order valence-electron chi connectivity index (χ2n) is 7.99. The molecule has 1 saturated heterocycles. The maximum absolute atomic E-state index is 13.9. The summed E-state index contributed by atoms with van der Waals surface area (Å²) >= 11 is 9.74. The number of nitrogens with one attached hydrogen (secondary N) is 2. The van der Waals surface area contributed by atoms with Gasteiger partial charge in [0, 0.05) is 11.3 Å². The number of nitrogens with zero attached hydrogens (tertiary/aromatic N) is 1. The third-order valence-electron chi connectivity index (χ3n) is 5.26. The van der Waals surface area contributed by atoms with Crippen molar-refractivity contribution in [2.75, 3.05) is 11.9 Å². The number of amides is 4. The molecule has 4 amide bonds. The van der Waals surface area contributed by atoms with Gasteiger partial charge in [-0.1, -0.05) is 47.5 Å². The van der Waals surface area contributed by atoms with Gasteiger partial charge in [0.2, 0.25) is 5.91 Å². The number of benzene rings is 3. The van der Waals surface area contributed by atoms with Gasteiger partial charge in [0.1, 0.15) is 24.7 Å². The second kappa shape index (κ2) is 10.9. The number of hydrogen-bond donors (Lipinski definition) is 2. The zero-order chi connectivity index (χ0) is 25.8. The van der Waals surface area contributed by atoms with E-state index in [1.54, 1.807) is 42.5 Å². The Bertz CT molecular complexity index is 1350. The molecule has 184 valence electrons. The Labute approximate surface area is 220 Å². The lowest BCUT2D eigenvalue weighted by Gasteiger charge is -2.12. The molecule has 1 aliphatic heterocycles. The zero-order valence-electron chi connectivity index (χ0n) is 19.0. The molecular weight excluding hydrogens is 553 g/mol. The monoisotopic (exact) mass is 571 g/mol. The van der Waals surface area contributed by atoms with Crippen LogP contribution < -0.4 is 15.4 Å². The molecule has 1 heterocycles. The van der Waals surface area contributed by atoms with Gasteiger partial charge < -0.3 is 15.4 Å². The first-order valence-corrected chi connectivity index (χ1v) is 11.9. The van der Waals surface area contributed by atoms with Gasteiger partial charge >= 0.3 is 6.03 Å². The van der Waals surface area contributed by atoms with Crippen molar-refractivity contribution in [1.29, 1.82) is 0 Å². The molecule has 4 rings (SSSR count). The molecule has 1 fully saturated rings. The van der Waals surface area contributed by atoms with Crippen LogP contribution >= 0.6 is 27.5 Å². The van der Waals surface area contributed by atoms with Gasteiger partial charge in [0.05, 0.1) is 9.50 Å². The molecular formula is C26H20BrClFN3O4. The van der Waals surface area contributed by atoms with Crippen molar-refractivity contribution in [1.82, 2.24) is 10.2 Å². The highest BCUT2D eigenvalue weighted by molar-refractivity contribution is 9.10. The lowest BCUT2D eigenvalue weighted by atomic mass is 10.1. The molecule has 2 N–H and O–H groups in total. The number of imide groups is 1. The molecule has 3 aromatic rings. The average molecular weight is 573 g/mol. The van der Waals surface area contributed by atoms with Gasteiger partial charge in [-0.3, -0.25) is 9.59 Å². The Morgan fingerprint density at radius 2 is 1.89 bits per heavy atom. The van der Waals surface area contributed by atoms with E-state index >= 15 is 0 Å². The lowest BCUT2D eigenvalue weighted by molar-refractivity contribution is -0.127. The third kappa shape index (κ3) is 5.92. The Balaban J connectivity index is 1.44. The standard InChI is InChI=1S/C26H20BrClFN3O4/c1-15-6-8-18(9-7-15)30-23(33)13-32-25(34)22(31-26(32)35)12-16-10-19(27)24(20(28)11-16)36-14-17-4-2-3-5-21(17)29/h2-12H,13-14H2,1H3,(H,30,33)(H,31,35)/b22-12-. The van der Waals surface area contributed by atoms with Crippen LogP contribution in [0.3, 0.4) is 0 Å². The topological polar surface area (TPSA) is 87.7 Å². The number of anilines is 1. The Morgan fingerprint density at radius 3 is 2.58 bits per heavy atom. The van der Waals surface area contributed by atoms with E-state index in [4.69, 9.17) is 16.3 Å². The number of aryl methyl sites for hydroxylation is 1. The molecule has 36 heavy (non-hydrogen) atoms. The largest absolute Gasteiger partial charge is 0.486 e. The van der Waals surface area contributed by atoms with Crippen LogP contribution in [0.5, 0.6) is 5.75 Å². The van der Waals surface area contributed by atoms with Crippen molar-refractivity contribution in [3.8, 4) is 5.75 Å². The van der Waals surface area contributed by atoms with Crippen LogP contribution in [0.15, 0.2) is 70.8 Å². The zero-order valence-corrected chi connectivity index (χ0v) is 21.3. The highest BCUT2D eigenvalue weighted by atomic mass is 79.9. The smallest absolute Gasteiger partial charge is 0.329 e. The lowest BCUT2D eigenvalue weighted by Crippen LogP contribution is -2.38. The molecule has 0 saturated carbocycles. The molecule has 7 nitrogen and oxygen atoms in total. The van der Waals surface area contributed by atoms with Crippen molar-refractivity contribution >= 4 is 57.1 Å². The predicted octanol–water partition coefficient (Wildman–Crippen LogP) is 5.66. The maximum Gasteiger partial charge on any atom is 0.329 e. The first-order valence-electron chi connectivity index (χ1n) is 10.8. The normalized spacial score (nSPS) is 14.2. The molecule has 0 unspecified atom stereocenters. The van der Waals surface area contributed by atoms with Crippen molar-refractivity contribution in [3.63, 3.8) is 0 Å². The summed E-state index contributed by atoms with van der Waals surface area (Å²) in [7, 11) is 0. The minimum Gasteiger partial charge on any atom is -0.486 e. The fourth-order valence-corrected chi connectivity index (χ4v) is 4.42. The quantitative estimate of drug-likeness (QED) is 0.283. The molecule has 0 bridgehead atoms. The van der Waals surface area contributed by atoms with Crippen LogP contribution in [0, 0.1) is 12.7 Å². The van der Waals surface area contributed by atoms with Gasteiger partial charge in [-0.15, -0.1) is 0 Å². The highest BCUT2D eigenvalue weighted by Gasteiger charge is 2.35. The van der Waals surface area contributed by atoms with E-state index < -0.39 is 30.2 Å². The first kappa shape index (κ1) is 25.4. The van der Waals surface area contributed by atoms with Gasteiger partial charge in [0.15, 0.2) is 5.75 Å². The summed E-state index contributed by atoms with van der Waals surface area (Å²) in [5, 5.41) is 5.35. The summed E-state index contributed by atoms with van der Waals surface area (Å²) in [5.41, 5.74) is 2.46. The van der Waals surface area contributed by atoms with Crippen LogP contribution in [0.4, 0.5) is 14.9 Å². The van der Waals surface area contributed by atoms with Crippen molar-refractivity contribution in [3.05, 3.63) is 98.4 Å². The Hall–Kier alpha value is -3.69. The number of urea groups is 1. The summed E-state index contributed by atoms with van der Waals surface area (Å²) in [5.74, 6) is -1.24. The molecule has 0 radical (unpaired) electrons. The minimum absolute atomic E-state index is 0.00822. The summed E-state index contributed by atoms with van der Waals surface area (Å²) in [6.45, 7) is 1.45. The number of carbonyl (C=O) groups is 3. The molecule has 1 aliphatic rings. The fraction of sp³-hybridized carbons (Fsp3) is 0.115. The maximum atomic E-state index is 13.9. The Morgan fingerprint density at radius 1 is 1.17 bits per heavy atom. The van der Waals surface area contributed by atoms with Gasteiger partial charge in [-0.2, -0.15) is 0 Å². The van der Waals surface area contributed by atoms with Gasteiger partial charge in [-0.25, -0.2) is 14.1 Å². The summed E-state index contributed by atoms with van der Waals surface area (Å²) in [6, 6.07) is 15.9. The number of halogens is 3. The molecule has 3 aromatic carbocycles. The van der Waals surface area contributed by atoms with Crippen LogP contribution in [0.25, 0.3) is 6.08 Å². The second-order valence-corrected chi connectivity index (χ2v) is 9.25. The Kier molecular flexibility index (Phi) is 7.71. The van der Waals surface area contributed by atoms with Crippen LogP contribution in [-0.2, 0) is 16.2 Å². The van der Waals surface area contributed by atoms with E-state index in [2.05, 4.69) is 26.6 Å². The summed E-state index contributed by atoms with van der Waals surface area (Å²) < 4.78 is 20.0. The van der Waals surface area contributed by atoms with Crippen molar-refractivity contribution < 1.29 is 23.5 Å².